The number of rotatable bonds is 3. The minimum Gasteiger partial charge on any atom is -0.396 e. The first-order chi connectivity index (χ1) is 6.83. The lowest BCUT2D eigenvalue weighted by atomic mass is 10.1. The monoisotopic (exact) mass is 195 g/mol. The number of nitrogens with zero attached hydrogens (tertiary/aromatic N) is 2. The molecule has 0 saturated carbocycles. The van der Waals surface area contributed by atoms with Gasteiger partial charge in [0.05, 0.1) is 6.04 Å². The number of hydrogen-bond donors (Lipinski definition) is 2. The minimum atomic E-state index is -0.119. The van der Waals surface area contributed by atoms with Crippen LogP contribution in [0.25, 0.3) is 0 Å². The van der Waals surface area contributed by atoms with Crippen LogP contribution in [0.1, 0.15) is 36.8 Å². The molecule has 0 bridgehead atoms. The molecule has 78 valence electrons. The largest absolute Gasteiger partial charge is 0.396 e. The lowest BCUT2D eigenvalue weighted by Gasteiger charge is -2.19. The summed E-state index contributed by atoms with van der Waals surface area (Å²) in [6, 6.07) is -0.119. The Labute approximate surface area is 83.8 Å². The van der Waals surface area contributed by atoms with Gasteiger partial charge in [-0.2, -0.15) is 0 Å². The molecule has 0 fully saturated rings. The third-order valence-corrected chi connectivity index (χ3v) is 2.81. The van der Waals surface area contributed by atoms with Gasteiger partial charge in [0, 0.05) is 25.0 Å². The van der Waals surface area contributed by atoms with E-state index in [0.29, 0.717) is 6.42 Å². The Morgan fingerprint density at radius 1 is 1.57 bits per heavy atom. The Bertz CT molecular complexity index is 308. The molecule has 0 aromatic carbocycles. The molecule has 0 aliphatic carbocycles. The number of aliphatic hydroxyl groups excluding tert-OH is 1. The van der Waals surface area contributed by atoms with E-state index in [1.54, 1.807) is 0 Å². The topological polar surface area (TPSA) is 64.1 Å². The van der Waals surface area contributed by atoms with Crippen molar-refractivity contribution in [2.24, 2.45) is 5.73 Å². The van der Waals surface area contributed by atoms with E-state index in [1.807, 2.05) is 6.20 Å². The predicted molar refractivity (Wildman–Crippen MR) is 53.8 cm³/mol. The summed E-state index contributed by atoms with van der Waals surface area (Å²) in [6.45, 7) is 1.16. The van der Waals surface area contributed by atoms with Crippen molar-refractivity contribution >= 4 is 0 Å². The number of aromatic nitrogens is 2. The van der Waals surface area contributed by atoms with Crippen LogP contribution in [0.4, 0.5) is 0 Å². The van der Waals surface area contributed by atoms with Crippen LogP contribution in [-0.4, -0.2) is 21.3 Å². The number of nitrogens with two attached hydrogens (primary N) is 1. The predicted octanol–water partition coefficient (Wildman–Crippen LogP) is 0.602. The van der Waals surface area contributed by atoms with E-state index in [2.05, 4.69) is 9.55 Å². The molecule has 0 radical (unpaired) electrons. The van der Waals surface area contributed by atoms with E-state index in [0.717, 1.165) is 18.8 Å². The van der Waals surface area contributed by atoms with Crippen LogP contribution in [0.15, 0.2) is 6.20 Å². The van der Waals surface area contributed by atoms with Crippen molar-refractivity contribution in [3.8, 4) is 0 Å². The second-order valence-electron chi connectivity index (χ2n) is 3.84. The molecule has 2 heterocycles. The van der Waals surface area contributed by atoms with Crippen molar-refractivity contribution in [2.75, 3.05) is 6.61 Å². The molecule has 4 heteroatoms. The summed E-state index contributed by atoms with van der Waals surface area (Å²) in [5, 5.41) is 8.82. The highest BCUT2D eigenvalue weighted by Crippen LogP contribution is 2.20. The average Bonchev–Trinajstić information content (AvgIpc) is 2.61. The Hall–Kier alpha value is -0.870. The Kier molecular flexibility index (Phi) is 2.84. The SMILES string of the molecule is NC(CCO)c1ncc2n1CCCC2. The summed E-state index contributed by atoms with van der Waals surface area (Å²) in [7, 11) is 0. The van der Waals surface area contributed by atoms with Gasteiger partial charge in [-0.15, -0.1) is 0 Å². The lowest BCUT2D eigenvalue weighted by molar-refractivity contribution is 0.272. The van der Waals surface area contributed by atoms with Crippen LogP contribution < -0.4 is 5.73 Å². The molecule has 1 atom stereocenters. The molecule has 2 rings (SSSR count). The lowest BCUT2D eigenvalue weighted by Crippen LogP contribution is -2.20. The summed E-state index contributed by atoms with van der Waals surface area (Å²) in [5.74, 6) is 0.939. The first kappa shape index (κ1) is 9.68. The number of imidazole rings is 1. The van der Waals surface area contributed by atoms with Gasteiger partial charge in [-0.25, -0.2) is 4.98 Å². The van der Waals surface area contributed by atoms with Crippen molar-refractivity contribution in [1.29, 1.82) is 0 Å². The zero-order chi connectivity index (χ0) is 9.97. The summed E-state index contributed by atoms with van der Waals surface area (Å²) >= 11 is 0. The van der Waals surface area contributed by atoms with Crippen LogP contribution in [0.3, 0.4) is 0 Å². The molecule has 0 saturated heterocycles. The fraction of sp³-hybridized carbons (Fsp3) is 0.700. The molecule has 0 spiro atoms. The average molecular weight is 195 g/mol. The van der Waals surface area contributed by atoms with Gasteiger partial charge in [-0.05, 0) is 25.7 Å². The third kappa shape index (κ3) is 1.67. The number of aryl methyl sites for hydroxylation is 1. The normalized spacial score (nSPS) is 17.9. The molecule has 3 N–H and O–H groups in total. The maximum Gasteiger partial charge on any atom is 0.125 e. The zero-order valence-corrected chi connectivity index (χ0v) is 8.32. The van der Waals surface area contributed by atoms with Gasteiger partial charge in [0.25, 0.3) is 0 Å². The second kappa shape index (κ2) is 4.11. The summed E-state index contributed by atoms with van der Waals surface area (Å²) in [6.07, 6.45) is 6.09. The van der Waals surface area contributed by atoms with Crippen molar-refractivity contribution in [3.63, 3.8) is 0 Å². The number of hydrogen-bond acceptors (Lipinski definition) is 3. The molecule has 1 unspecified atom stereocenters. The molecule has 1 aliphatic rings. The molecule has 0 amide bonds. The number of aliphatic hydroxyl groups is 1. The van der Waals surface area contributed by atoms with Gasteiger partial charge in [0.1, 0.15) is 5.82 Å². The first-order valence-corrected chi connectivity index (χ1v) is 5.23. The maximum absolute atomic E-state index is 8.82. The van der Waals surface area contributed by atoms with Crippen molar-refractivity contribution in [2.45, 2.75) is 38.3 Å². The molecule has 1 aromatic rings. The molecule has 4 nitrogen and oxygen atoms in total. The van der Waals surface area contributed by atoms with Crippen molar-refractivity contribution in [3.05, 3.63) is 17.7 Å². The van der Waals surface area contributed by atoms with Crippen LogP contribution in [-0.2, 0) is 13.0 Å². The van der Waals surface area contributed by atoms with E-state index in [1.165, 1.54) is 18.5 Å². The molecular weight excluding hydrogens is 178 g/mol. The third-order valence-electron chi connectivity index (χ3n) is 2.81. The maximum atomic E-state index is 8.82. The number of fused-ring (bicyclic) bond motifs is 1. The molecular formula is C10H17N3O. The molecule has 1 aromatic heterocycles. The summed E-state index contributed by atoms with van der Waals surface area (Å²) in [5.41, 5.74) is 7.22. The van der Waals surface area contributed by atoms with E-state index in [9.17, 15) is 0 Å². The van der Waals surface area contributed by atoms with Gasteiger partial charge in [-0.1, -0.05) is 0 Å². The highest BCUT2D eigenvalue weighted by atomic mass is 16.3. The second-order valence-corrected chi connectivity index (χ2v) is 3.84. The zero-order valence-electron chi connectivity index (χ0n) is 8.32. The molecule has 1 aliphatic heterocycles. The van der Waals surface area contributed by atoms with Gasteiger partial charge in [0.15, 0.2) is 0 Å². The summed E-state index contributed by atoms with van der Waals surface area (Å²) < 4.78 is 2.21. The standard InChI is InChI=1S/C10H17N3O/c11-9(4-6-14)10-12-7-8-3-1-2-5-13(8)10/h7,9,14H,1-6,11H2. The van der Waals surface area contributed by atoms with E-state index < -0.39 is 0 Å². The van der Waals surface area contributed by atoms with Gasteiger partial charge in [-0.3, -0.25) is 0 Å². The van der Waals surface area contributed by atoms with Crippen LogP contribution in [0, 0.1) is 0 Å². The minimum absolute atomic E-state index is 0.119. The fourth-order valence-electron chi connectivity index (χ4n) is 2.02. The van der Waals surface area contributed by atoms with E-state index in [4.69, 9.17) is 10.8 Å². The smallest absolute Gasteiger partial charge is 0.125 e. The summed E-state index contributed by atoms with van der Waals surface area (Å²) in [4.78, 5) is 4.34. The Morgan fingerprint density at radius 3 is 3.21 bits per heavy atom. The van der Waals surface area contributed by atoms with Crippen LogP contribution in [0.5, 0.6) is 0 Å². The van der Waals surface area contributed by atoms with Gasteiger partial charge < -0.3 is 15.4 Å². The molecule has 14 heavy (non-hydrogen) atoms. The Balaban J connectivity index is 2.21. The highest BCUT2D eigenvalue weighted by molar-refractivity contribution is 5.10. The van der Waals surface area contributed by atoms with E-state index >= 15 is 0 Å². The quantitative estimate of drug-likeness (QED) is 0.742. The van der Waals surface area contributed by atoms with E-state index in [-0.39, 0.29) is 12.6 Å². The van der Waals surface area contributed by atoms with Crippen molar-refractivity contribution in [1.82, 2.24) is 9.55 Å². The van der Waals surface area contributed by atoms with Gasteiger partial charge >= 0.3 is 0 Å². The van der Waals surface area contributed by atoms with Crippen molar-refractivity contribution < 1.29 is 5.11 Å². The highest BCUT2D eigenvalue weighted by Gasteiger charge is 2.17. The fourth-order valence-corrected chi connectivity index (χ4v) is 2.02. The van der Waals surface area contributed by atoms with Gasteiger partial charge in [0.2, 0.25) is 0 Å². The van der Waals surface area contributed by atoms with Crippen LogP contribution >= 0.6 is 0 Å². The first-order valence-electron chi connectivity index (χ1n) is 5.23. The Morgan fingerprint density at radius 2 is 2.43 bits per heavy atom. The van der Waals surface area contributed by atoms with Crippen LogP contribution in [0.2, 0.25) is 0 Å².